The van der Waals surface area contributed by atoms with Gasteiger partial charge in [-0.25, -0.2) is 9.97 Å². The van der Waals surface area contributed by atoms with Crippen LogP contribution in [0.1, 0.15) is 36.9 Å². The van der Waals surface area contributed by atoms with Gasteiger partial charge < -0.3 is 14.9 Å². The number of likely N-dealkylation sites (tertiary alicyclic amines) is 1. The van der Waals surface area contributed by atoms with Crippen LogP contribution in [-0.4, -0.2) is 57.7 Å². The predicted molar refractivity (Wildman–Crippen MR) is 130 cm³/mol. The van der Waals surface area contributed by atoms with Gasteiger partial charge in [-0.15, -0.1) is 0 Å². The minimum atomic E-state index is -0.360. The molecule has 3 aromatic rings. The second-order valence-electron chi connectivity index (χ2n) is 9.40. The van der Waals surface area contributed by atoms with Crippen LogP contribution in [-0.2, 0) is 11.2 Å². The summed E-state index contributed by atoms with van der Waals surface area (Å²) in [4.78, 5) is 27.1. The summed E-state index contributed by atoms with van der Waals surface area (Å²) in [7, 11) is 0. The minimum absolute atomic E-state index is 0.179. The predicted octanol–water partition coefficient (Wildman–Crippen LogP) is 3.75. The highest BCUT2D eigenvalue weighted by atomic mass is 16.3. The van der Waals surface area contributed by atoms with Crippen LogP contribution in [0.2, 0.25) is 0 Å². The molecular weight excluding hydrogens is 412 g/mol. The number of aliphatic hydroxyl groups is 1. The largest absolute Gasteiger partial charge is 0.392 e. The molecule has 0 unspecified atom stereocenters. The zero-order valence-electron chi connectivity index (χ0n) is 19.2. The van der Waals surface area contributed by atoms with Gasteiger partial charge in [0.15, 0.2) is 0 Å². The van der Waals surface area contributed by atoms with Crippen molar-refractivity contribution in [3.05, 3.63) is 65.9 Å². The van der Waals surface area contributed by atoms with E-state index in [0.717, 1.165) is 54.4 Å². The molecule has 1 amide bonds. The Hall–Kier alpha value is -2.99. The van der Waals surface area contributed by atoms with Crippen molar-refractivity contribution < 1.29 is 9.90 Å². The van der Waals surface area contributed by atoms with Crippen LogP contribution in [0, 0.1) is 12.8 Å². The monoisotopic (exact) mass is 444 g/mol. The van der Waals surface area contributed by atoms with E-state index in [1.54, 1.807) is 0 Å². The summed E-state index contributed by atoms with van der Waals surface area (Å²) in [5.41, 5.74) is 3.03. The lowest BCUT2D eigenvalue weighted by molar-refractivity contribution is -0.134. The van der Waals surface area contributed by atoms with Crippen LogP contribution in [0.4, 0.5) is 5.95 Å². The molecule has 2 aliphatic rings. The molecule has 2 atom stereocenters. The van der Waals surface area contributed by atoms with E-state index >= 15 is 0 Å². The quantitative estimate of drug-likeness (QED) is 0.649. The smallest absolute Gasteiger partial charge is 0.245 e. The Morgan fingerprint density at radius 3 is 2.52 bits per heavy atom. The maximum atomic E-state index is 13.5. The number of carbonyl (C=O) groups is 1. The van der Waals surface area contributed by atoms with Gasteiger partial charge in [-0.05, 0) is 56.6 Å². The molecule has 6 heteroatoms. The minimum Gasteiger partial charge on any atom is -0.392 e. The van der Waals surface area contributed by atoms with Crippen molar-refractivity contribution in [1.82, 2.24) is 14.9 Å². The van der Waals surface area contributed by atoms with Gasteiger partial charge >= 0.3 is 0 Å². The molecule has 1 aromatic heterocycles. The van der Waals surface area contributed by atoms with E-state index < -0.39 is 0 Å². The molecule has 0 aliphatic carbocycles. The second kappa shape index (κ2) is 9.48. The third-order valence-corrected chi connectivity index (χ3v) is 7.26. The number of aryl methyl sites for hydroxylation is 1. The first-order chi connectivity index (χ1) is 16.1. The SMILES string of the molecule is Cc1nc(N2CCC[C@@H]2C(=O)N2CCC([C@H](O)Cc3ccccc3)CC2)nc2ccccc12. The molecule has 0 saturated carbocycles. The molecule has 1 N–H and O–H groups in total. The van der Waals surface area contributed by atoms with Crippen LogP contribution in [0.25, 0.3) is 10.9 Å². The summed E-state index contributed by atoms with van der Waals surface area (Å²) in [6.07, 6.45) is 3.81. The number of fused-ring (bicyclic) bond motifs is 1. The number of anilines is 1. The van der Waals surface area contributed by atoms with Crippen LogP contribution in [0.3, 0.4) is 0 Å². The Kier molecular flexibility index (Phi) is 6.27. The molecule has 2 aromatic carbocycles. The lowest BCUT2D eigenvalue weighted by Gasteiger charge is -2.37. The number of hydrogen-bond donors (Lipinski definition) is 1. The van der Waals surface area contributed by atoms with Gasteiger partial charge in [0.1, 0.15) is 6.04 Å². The van der Waals surface area contributed by atoms with Crippen molar-refractivity contribution in [1.29, 1.82) is 0 Å². The summed E-state index contributed by atoms with van der Waals surface area (Å²) in [5, 5.41) is 11.8. The molecule has 172 valence electrons. The number of piperidine rings is 1. The number of carbonyl (C=O) groups excluding carboxylic acids is 1. The molecule has 33 heavy (non-hydrogen) atoms. The summed E-state index contributed by atoms with van der Waals surface area (Å²) < 4.78 is 0. The van der Waals surface area contributed by atoms with Gasteiger partial charge in [0.05, 0.1) is 17.3 Å². The number of rotatable bonds is 5. The summed E-state index contributed by atoms with van der Waals surface area (Å²) in [6, 6.07) is 18.0. The fourth-order valence-corrected chi connectivity index (χ4v) is 5.35. The van der Waals surface area contributed by atoms with Crippen molar-refractivity contribution in [3.8, 4) is 0 Å². The Morgan fingerprint density at radius 1 is 1.00 bits per heavy atom. The molecule has 6 nitrogen and oxygen atoms in total. The van der Waals surface area contributed by atoms with Crippen molar-refractivity contribution in [3.63, 3.8) is 0 Å². The van der Waals surface area contributed by atoms with Gasteiger partial charge in [0, 0.05) is 25.0 Å². The maximum absolute atomic E-state index is 13.5. The lowest BCUT2D eigenvalue weighted by atomic mass is 9.87. The van der Waals surface area contributed by atoms with Gasteiger partial charge in [-0.3, -0.25) is 4.79 Å². The summed E-state index contributed by atoms with van der Waals surface area (Å²) in [6.45, 7) is 4.22. The van der Waals surface area contributed by atoms with E-state index in [2.05, 4.69) is 17.0 Å². The Balaban J connectivity index is 1.23. The third-order valence-electron chi connectivity index (χ3n) is 7.26. The van der Waals surface area contributed by atoms with Crippen LogP contribution >= 0.6 is 0 Å². The van der Waals surface area contributed by atoms with E-state index in [9.17, 15) is 9.90 Å². The number of amides is 1. The molecule has 3 heterocycles. The first-order valence-electron chi connectivity index (χ1n) is 12.1. The highest BCUT2D eigenvalue weighted by Gasteiger charge is 2.37. The standard InChI is InChI=1S/C27H32N4O2/c1-19-22-10-5-6-11-23(22)29-27(28-19)31-15-7-12-24(31)26(33)30-16-13-21(14-17-30)25(32)18-20-8-3-2-4-9-20/h2-6,8-11,21,24-25,32H,7,12-18H2,1H3/t24-,25-/m1/s1. The van der Waals surface area contributed by atoms with Crippen molar-refractivity contribution in [2.24, 2.45) is 5.92 Å². The maximum Gasteiger partial charge on any atom is 0.245 e. The van der Waals surface area contributed by atoms with E-state index in [1.165, 1.54) is 0 Å². The second-order valence-corrected chi connectivity index (χ2v) is 9.40. The van der Waals surface area contributed by atoms with E-state index in [4.69, 9.17) is 9.97 Å². The van der Waals surface area contributed by atoms with Gasteiger partial charge in [-0.2, -0.15) is 0 Å². The number of nitrogens with zero attached hydrogens (tertiary/aromatic N) is 4. The van der Waals surface area contributed by atoms with Gasteiger partial charge in [0.2, 0.25) is 11.9 Å². The van der Waals surface area contributed by atoms with Crippen molar-refractivity contribution >= 4 is 22.8 Å². The zero-order valence-corrected chi connectivity index (χ0v) is 19.2. The van der Waals surface area contributed by atoms with E-state index in [0.29, 0.717) is 25.5 Å². The average molecular weight is 445 g/mol. The molecule has 2 saturated heterocycles. The first kappa shape index (κ1) is 21.8. The molecule has 2 aliphatic heterocycles. The normalized spacial score (nSPS) is 20.4. The number of hydrogen-bond acceptors (Lipinski definition) is 5. The Morgan fingerprint density at radius 2 is 1.73 bits per heavy atom. The van der Waals surface area contributed by atoms with Crippen LogP contribution in [0.5, 0.6) is 0 Å². The highest BCUT2D eigenvalue weighted by molar-refractivity contribution is 5.86. The topological polar surface area (TPSA) is 69.6 Å². The summed E-state index contributed by atoms with van der Waals surface area (Å²) in [5.74, 6) is 1.08. The van der Waals surface area contributed by atoms with Crippen LogP contribution < -0.4 is 4.90 Å². The molecule has 2 fully saturated rings. The number of aliphatic hydroxyl groups excluding tert-OH is 1. The fraction of sp³-hybridized carbons (Fsp3) is 0.444. The molecule has 0 bridgehead atoms. The summed E-state index contributed by atoms with van der Waals surface area (Å²) >= 11 is 0. The Labute approximate surface area is 195 Å². The van der Waals surface area contributed by atoms with Crippen molar-refractivity contribution in [2.45, 2.75) is 51.2 Å². The van der Waals surface area contributed by atoms with E-state index in [-0.39, 0.29) is 24.0 Å². The highest BCUT2D eigenvalue weighted by Crippen LogP contribution is 2.29. The molecule has 0 radical (unpaired) electrons. The molecule has 5 rings (SSSR count). The van der Waals surface area contributed by atoms with E-state index in [1.807, 2.05) is 54.3 Å². The third kappa shape index (κ3) is 4.58. The first-order valence-corrected chi connectivity index (χ1v) is 12.1. The van der Waals surface area contributed by atoms with Gasteiger partial charge in [-0.1, -0.05) is 48.5 Å². The van der Waals surface area contributed by atoms with Crippen molar-refractivity contribution in [2.75, 3.05) is 24.5 Å². The number of aromatic nitrogens is 2. The van der Waals surface area contributed by atoms with Crippen LogP contribution in [0.15, 0.2) is 54.6 Å². The molecular formula is C27H32N4O2. The zero-order chi connectivity index (χ0) is 22.8. The molecule has 0 spiro atoms. The Bertz CT molecular complexity index is 1110. The van der Waals surface area contributed by atoms with Gasteiger partial charge in [0.25, 0.3) is 0 Å². The number of benzene rings is 2. The number of para-hydroxylation sites is 1. The average Bonchev–Trinajstić information content (AvgIpc) is 3.34. The fourth-order valence-electron chi connectivity index (χ4n) is 5.35. The lowest BCUT2D eigenvalue weighted by Crippen LogP contribution is -2.50.